The van der Waals surface area contributed by atoms with Crippen molar-refractivity contribution in [1.29, 1.82) is 0 Å². The molecule has 0 saturated carbocycles. The summed E-state index contributed by atoms with van der Waals surface area (Å²) in [7, 11) is 0. The number of nitrogens with zero attached hydrogens (tertiary/aromatic N) is 1. The predicted molar refractivity (Wildman–Crippen MR) is 134 cm³/mol. The fraction of sp³-hybridized carbons (Fsp3) is 0.172. The van der Waals surface area contributed by atoms with E-state index in [1.54, 1.807) is 6.07 Å². The van der Waals surface area contributed by atoms with E-state index in [1.165, 1.54) is 0 Å². The Morgan fingerprint density at radius 1 is 0.971 bits per heavy atom. The summed E-state index contributed by atoms with van der Waals surface area (Å²) >= 11 is 0. The van der Waals surface area contributed by atoms with Gasteiger partial charge < -0.3 is 9.52 Å². The number of carbonyl (C=O) groups is 1. The maximum Gasteiger partial charge on any atom is 0.409 e. The first-order chi connectivity index (χ1) is 16.7. The van der Waals surface area contributed by atoms with Crippen LogP contribution in [0.3, 0.4) is 0 Å². The molecule has 0 unspecified atom stereocenters. The summed E-state index contributed by atoms with van der Waals surface area (Å²) in [5, 5.41) is 11.5. The monoisotopic (exact) mass is 450 g/mol. The molecule has 1 atom stereocenters. The second-order valence-electron chi connectivity index (χ2n) is 8.55. The third-order valence-corrected chi connectivity index (χ3v) is 6.18. The van der Waals surface area contributed by atoms with E-state index < -0.39 is 6.09 Å². The van der Waals surface area contributed by atoms with Gasteiger partial charge in [-0.05, 0) is 49.3 Å². The summed E-state index contributed by atoms with van der Waals surface area (Å²) < 4.78 is 6.47. The molecule has 0 aliphatic heterocycles. The Kier molecular flexibility index (Phi) is 6.25. The van der Waals surface area contributed by atoms with E-state index in [0.717, 1.165) is 59.4 Å². The lowest BCUT2D eigenvalue weighted by Gasteiger charge is -2.22. The molecule has 3 aromatic carbocycles. The molecule has 2 N–H and O–H groups in total. The summed E-state index contributed by atoms with van der Waals surface area (Å²) in [5.74, 6) is 1.70. The second kappa shape index (κ2) is 9.79. The number of aromatic nitrogens is 1. The Bertz CT molecular complexity index is 1250. The SMILES string of the molecule is O=C(O)Nc1cccc(C[C@@H]2CCCC=C2c2nc(-c3ccccc3)c(-c3ccccc3)o2)c1. The van der Waals surface area contributed by atoms with Crippen molar-refractivity contribution >= 4 is 17.4 Å². The number of oxazole rings is 1. The molecule has 5 rings (SSSR count). The summed E-state index contributed by atoms with van der Waals surface area (Å²) in [6.45, 7) is 0. The zero-order valence-corrected chi connectivity index (χ0v) is 18.8. The van der Waals surface area contributed by atoms with Crippen molar-refractivity contribution in [3.05, 3.63) is 102 Å². The number of rotatable bonds is 6. The van der Waals surface area contributed by atoms with E-state index in [1.807, 2.05) is 66.7 Å². The Balaban J connectivity index is 1.50. The minimum atomic E-state index is -1.06. The summed E-state index contributed by atoms with van der Waals surface area (Å²) in [4.78, 5) is 16.0. The van der Waals surface area contributed by atoms with Crippen LogP contribution in [-0.2, 0) is 6.42 Å². The maximum atomic E-state index is 11.0. The van der Waals surface area contributed by atoms with Crippen molar-refractivity contribution in [3.8, 4) is 22.6 Å². The quantitative estimate of drug-likeness (QED) is 0.318. The first-order valence-electron chi connectivity index (χ1n) is 11.6. The predicted octanol–water partition coefficient (Wildman–Crippen LogP) is 7.52. The van der Waals surface area contributed by atoms with Crippen LogP contribution in [0.25, 0.3) is 28.2 Å². The number of nitrogens with one attached hydrogen (secondary N) is 1. The van der Waals surface area contributed by atoms with Crippen LogP contribution in [0.1, 0.15) is 30.7 Å². The number of hydrogen-bond donors (Lipinski definition) is 2. The number of carboxylic acid groups (broad SMARTS) is 1. The Morgan fingerprint density at radius 3 is 2.44 bits per heavy atom. The molecule has 1 aromatic heterocycles. The third-order valence-electron chi connectivity index (χ3n) is 6.18. The minimum absolute atomic E-state index is 0.250. The van der Waals surface area contributed by atoms with E-state index in [9.17, 15) is 4.79 Å². The van der Waals surface area contributed by atoms with Gasteiger partial charge in [0, 0.05) is 22.4 Å². The number of hydrogen-bond acceptors (Lipinski definition) is 3. The fourth-order valence-electron chi connectivity index (χ4n) is 4.62. The Labute approximate surface area is 198 Å². The molecule has 34 heavy (non-hydrogen) atoms. The van der Waals surface area contributed by atoms with Crippen LogP contribution in [0.15, 0.2) is 95.4 Å². The lowest BCUT2D eigenvalue weighted by atomic mass is 9.83. The highest BCUT2D eigenvalue weighted by atomic mass is 16.4. The van der Waals surface area contributed by atoms with Gasteiger partial charge in [0.2, 0.25) is 5.89 Å². The van der Waals surface area contributed by atoms with E-state index in [0.29, 0.717) is 11.6 Å². The highest BCUT2D eigenvalue weighted by molar-refractivity contribution is 5.83. The van der Waals surface area contributed by atoms with Gasteiger partial charge in [-0.25, -0.2) is 9.78 Å². The molecule has 0 bridgehead atoms. The summed E-state index contributed by atoms with van der Waals surface area (Å²) in [6.07, 6.45) is 5.13. The molecule has 5 heteroatoms. The molecule has 1 amide bonds. The lowest BCUT2D eigenvalue weighted by molar-refractivity contribution is 0.209. The first kappa shape index (κ1) is 21.7. The Hall–Kier alpha value is -4.12. The average molecular weight is 451 g/mol. The second-order valence-corrected chi connectivity index (χ2v) is 8.55. The summed E-state index contributed by atoms with van der Waals surface area (Å²) in [5.41, 5.74) is 5.67. The van der Waals surface area contributed by atoms with Crippen LogP contribution in [0, 0.1) is 5.92 Å². The lowest BCUT2D eigenvalue weighted by Crippen LogP contribution is -2.12. The van der Waals surface area contributed by atoms with Gasteiger partial charge >= 0.3 is 6.09 Å². The number of anilines is 1. The van der Waals surface area contributed by atoms with Crippen LogP contribution >= 0.6 is 0 Å². The minimum Gasteiger partial charge on any atom is -0.465 e. The molecular formula is C29H26N2O3. The standard InChI is InChI=1S/C29H26N2O3/c32-29(33)30-24-16-9-10-20(19-24)18-23-15-7-8-17-25(23)28-31-26(21-11-3-1-4-12-21)27(34-28)22-13-5-2-6-14-22/h1-6,9-14,16-17,19,23,30H,7-8,15,18H2,(H,32,33)/t23-/m0/s1. The van der Waals surface area contributed by atoms with Crippen molar-refractivity contribution in [2.45, 2.75) is 25.7 Å². The maximum absolute atomic E-state index is 11.0. The van der Waals surface area contributed by atoms with Crippen molar-refractivity contribution in [3.63, 3.8) is 0 Å². The van der Waals surface area contributed by atoms with E-state index in [2.05, 4.69) is 23.5 Å². The van der Waals surface area contributed by atoms with Crippen LogP contribution in [0.2, 0.25) is 0 Å². The molecule has 0 radical (unpaired) electrons. The molecule has 1 aliphatic carbocycles. The summed E-state index contributed by atoms with van der Waals surface area (Å²) in [6, 6.07) is 27.8. The number of benzene rings is 3. The van der Waals surface area contributed by atoms with Crippen LogP contribution < -0.4 is 5.32 Å². The normalized spacial score (nSPS) is 15.5. The Morgan fingerprint density at radius 2 is 1.71 bits per heavy atom. The molecule has 4 aromatic rings. The van der Waals surface area contributed by atoms with E-state index in [-0.39, 0.29) is 5.92 Å². The van der Waals surface area contributed by atoms with E-state index in [4.69, 9.17) is 14.5 Å². The first-order valence-corrected chi connectivity index (χ1v) is 11.6. The average Bonchev–Trinajstić information content (AvgIpc) is 3.31. The van der Waals surface area contributed by atoms with Gasteiger partial charge in [0.25, 0.3) is 0 Å². The van der Waals surface area contributed by atoms with Gasteiger partial charge in [0.1, 0.15) is 5.69 Å². The van der Waals surface area contributed by atoms with Crippen molar-refractivity contribution in [1.82, 2.24) is 4.98 Å². The zero-order valence-electron chi connectivity index (χ0n) is 18.8. The van der Waals surface area contributed by atoms with Gasteiger partial charge in [0.15, 0.2) is 5.76 Å². The van der Waals surface area contributed by atoms with Crippen LogP contribution in [0.4, 0.5) is 10.5 Å². The van der Waals surface area contributed by atoms with Crippen LogP contribution in [-0.4, -0.2) is 16.2 Å². The smallest absolute Gasteiger partial charge is 0.409 e. The van der Waals surface area contributed by atoms with Gasteiger partial charge in [-0.3, -0.25) is 5.32 Å². The van der Waals surface area contributed by atoms with Gasteiger partial charge in [0.05, 0.1) is 0 Å². The molecular weight excluding hydrogens is 424 g/mol. The van der Waals surface area contributed by atoms with Crippen molar-refractivity contribution < 1.29 is 14.3 Å². The number of amides is 1. The highest BCUT2D eigenvalue weighted by Gasteiger charge is 2.26. The van der Waals surface area contributed by atoms with E-state index >= 15 is 0 Å². The largest absolute Gasteiger partial charge is 0.465 e. The van der Waals surface area contributed by atoms with Crippen LogP contribution in [0.5, 0.6) is 0 Å². The highest BCUT2D eigenvalue weighted by Crippen LogP contribution is 2.40. The molecule has 0 spiro atoms. The molecule has 170 valence electrons. The molecule has 5 nitrogen and oxygen atoms in total. The van der Waals surface area contributed by atoms with Gasteiger partial charge in [-0.2, -0.15) is 0 Å². The number of allylic oxidation sites excluding steroid dienone is 2. The topological polar surface area (TPSA) is 75.4 Å². The van der Waals surface area contributed by atoms with Crippen molar-refractivity contribution in [2.24, 2.45) is 5.92 Å². The molecule has 1 aliphatic rings. The van der Waals surface area contributed by atoms with Gasteiger partial charge in [-0.1, -0.05) is 78.9 Å². The van der Waals surface area contributed by atoms with Crippen molar-refractivity contribution in [2.75, 3.05) is 5.32 Å². The zero-order chi connectivity index (χ0) is 23.3. The molecule has 0 saturated heterocycles. The van der Waals surface area contributed by atoms with Gasteiger partial charge in [-0.15, -0.1) is 0 Å². The fourth-order valence-corrected chi connectivity index (χ4v) is 4.62. The molecule has 0 fully saturated rings. The molecule has 1 heterocycles. The third kappa shape index (κ3) is 4.79.